The fourth-order valence-corrected chi connectivity index (χ4v) is 7.21. The zero-order chi connectivity index (χ0) is 40.5. The van der Waals surface area contributed by atoms with Gasteiger partial charge in [0.2, 0.25) is 0 Å². The Morgan fingerprint density at radius 2 is 0.873 bits per heavy atom. The van der Waals surface area contributed by atoms with E-state index in [9.17, 15) is 14.4 Å². The Kier molecular flexibility index (Phi) is 40.4. The van der Waals surface area contributed by atoms with Gasteiger partial charge in [0, 0.05) is 33.5 Å². The Morgan fingerprint density at radius 1 is 0.473 bits per heavy atom. The Hall–Kier alpha value is -1.83. The van der Waals surface area contributed by atoms with E-state index in [0.29, 0.717) is 26.0 Å². The van der Waals surface area contributed by atoms with Crippen molar-refractivity contribution in [3.8, 4) is 0 Å². The molecule has 0 fully saturated rings. The minimum atomic E-state index is -0.0349. The number of rotatable bonds is 42. The van der Waals surface area contributed by atoms with Crippen LogP contribution in [0.2, 0.25) is 0 Å². The zero-order valence-corrected chi connectivity index (χ0v) is 37.4. The highest BCUT2D eigenvalue weighted by atomic mass is 16.5. The second-order valence-corrected chi connectivity index (χ2v) is 16.6. The number of amides is 2. The summed E-state index contributed by atoms with van der Waals surface area (Å²) in [5.41, 5.74) is 0. The minimum absolute atomic E-state index is 0.0120. The molecular formula is C47H93N3O5. The fourth-order valence-electron chi connectivity index (χ4n) is 7.21. The molecule has 0 unspecified atom stereocenters. The van der Waals surface area contributed by atoms with Gasteiger partial charge in [-0.2, -0.15) is 0 Å². The Balaban J connectivity index is 4.36. The lowest BCUT2D eigenvalue weighted by atomic mass is 10.0. The van der Waals surface area contributed by atoms with Crippen LogP contribution in [-0.2, 0) is 19.1 Å². The number of hydrogen-bond acceptors (Lipinski definition) is 6. The summed E-state index contributed by atoms with van der Waals surface area (Å²) in [6.07, 6.45) is 37.8. The van der Waals surface area contributed by atoms with Crippen LogP contribution in [0, 0.1) is 0 Å². The van der Waals surface area contributed by atoms with Crippen LogP contribution in [0.15, 0.2) is 0 Å². The lowest BCUT2D eigenvalue weighted by molar-refractivity contribution is -0.150. The smallest absolute Gasteiger partial charge is 0.316 e. The molecule has 0 saturated heterocycles. The van der Waals surface area contributed by atoms with Gasteiger partial charge in [-0.25, -0.2) is 4.79 Å². The molecule has 0 saturated carbocycles. The molecule has 0 heterocycles. The quantitative estimate of drug-likeness (QED) is 0.0490. The van der Waals surface area contributed by atoms with Crippen molar-refractivity contribution >= 4 is 18.0 Å². The topological polar surface area (TPSA) is 88.2 Å². The molecule has 0 radical (unpaired) electrons. The highest BCUT2D eigenvalue weighted by Gasteiger charge is 2.14. The van der Waals surface area contributed by atoms with Crippen molar-refractivity contribution in [2.45, 2.75) is 239 Å². The second-order valence-electron chi connectivity index (χ2n) is 16.6. The van der Waals surface area contributed by atoms with Crippen molar-refractivity contribution in [2.75, 3.05) is 46.9 Å². The van der Waals surface area contributed by atoms with Crippen molar-refractivity contribution in [2.24, 2.45) is 0 Å². The van der Waals surface area contributed by atoms with Gasteiger partial charge in [0.05, 0.1) is 6.61 Å². The third-order valence-electron chi connectivity index (χ3n) is 10.9. The van der Waals surface area contributed by atoms with Crippen molar-refractivity contribution in [1.29, 1.82) is 0 Å². The molecule has 0 atom stereocenters. The van der Waals surface area contributed by atoms with E-state index in [1.807, 2.05) is 0 Å². The normalized spacial score (nSPS) is 11.4. The van der Waals surface area contributed by atoms with E-state index >= 15 is 0 Å². The Bertz CT molecular complexity index is 838. The van der Waals surface area contributed by atoms with Gasteiger partial charge in [-0.1, -0.05) is 156 Å². The maximum Gasteiger partial charge on any atom is 0.316 e. The van der Waals surface area contributed by atoms with Crippen LogP contribution in [0.25, 0.3) is 0 Å². The summed E-state index contributed by atoms with van der Waals surface area (Å²) in [7, 11) is 3.55. The number of ether oxygens (including phenoxy) is 2. The average Bonchev–Trinajstić information content (AvgIpc) is 3.17. The fraction of sp³-hybridized carbons (Fsp3) is 0.936. The van der Waals surface area contributed by atoms with Crippen molar-refractivity contribution in [1.82, 2.24) is 15.1 Å². The highest BCUT2D eigenvalue weighted by molar-refractivity contribution is 5.73. The predicted octanol–water partition coefficient (Wildman–Crippen LogP) is 12.9. The van der Waals surface area contributed by atoms with Crippen LogP contribution in [0.3, 0.4) is 0 Å². The number of esters is 2. The standard InChI is InChI=1S/C47H93N3O5/c1-6-9-12-15-20-27-35-44(36-28-21-16-13-10-7-2)55-46(52)38-30-23-19-25-32-41-50(42-34-39-48-47(53)49(4)5)40-31-24-18-22-29-37-45(51)54-43-33-26-17-14-11-8-3/h44H,6-43H2,1-5H3,(H,48,53). The monoisotopic (exact) mass is 780 g/mol. The molecule has 8 heteroatoms. The van der Waals surface area contributed by atoms with E-state index in [4.69, 9.17) is 9.47 Å². The molecule has 0 aromatic rings. The largest absolute Gasteiger partial charge is 0.466 e. The van der Waals surface area contributed by atoms with Gasteiger partial charge < -0.3 is 24.6 Å². The zero-order valence-electron chi connectivity index (χ0n) is 37.4. The maximum absolute atomic E-state index is 12.8. The molecule has 1 N–H and O–H groups in total. The molecule has 0 aromatic carbocycles. The van der Waals surface area contributed by atoms with E-state index in [1.165, 1.54) is 116 Å². The lowest BCUT2D eigenvalue weighted by Crippen LogP contribution is -2.36. The molecule has 0 bridgehead atoms. The number of nitrogens with one attached hydrogen (secondary N) is 1. The van der Waals surface area contributed by atoms with Gasteiger partial charge in [0.25, 0.3) is 0 Å². The number of nitrogens with zero attached hydrogens (tertiary/aromatic N) is 2. The second kappa shape index (κ2) is 41.8. The lowest BCUT2D eigenvalue weighted by Gasteiger charge is -2.23. The van der Waals surface area contributed by atoms with Crippen LogP contribution in [0.4, 0.5) is 4.79 Å². The van der Waals surface area contributed by atoms with Crippen LogP contribution >= 0.6 is 0 Å². The van der Waals surface area contributed by atoms with Crippen LogP contribution in [-0.4, -0.2) is 80.8 Å². The molecule has 326 valence electrons. The number of urea groups is 1. The van der Waals surface area contributed by atoms with Gasteiger partial charge in [-0.3, -0.25) is 9.59 Å². The summed E-state index contributed by atoms with van der Waals surface area (Å²) >= 11 is 0. The minimum Gasteiger partial charge on any atom is -0.466 e. The highest BCUT2D eigenvalue weighted by Crippen LogP contribution is 2.18. The van der Waals surface area contributed by atoms with Crippen LogP contribution < -0.4 is 5.32 Å². The van der Waals surface area contributed by atoms with Crippen molar-refractivity contribution in [3.63, 3.8) is 0 Å². The number of carbonyl (C=O) groups excluding carboxylic acids is 3. The van der Waals surface area contributed by atoms with Gasteiger partial charge in [-0.05, 0) is 83.8 Å². The summed E-state index contributed by atoms with van der Waals surface area (Å²) in [5.74, 6) is -0.0230. The SMILES string of the molecule is CCCCCCCCOC(=O)CCCCCCCN(CCCCCCCC(=O)OC(CCCCCCCC)CCCCCCCC)CCCNC(=O)N(C)C. The van der Waals surface area contributed by atoms with E-state index in [0.717, 1.165) is 103 Å². The predicted molar refractivity (Wildman–Crippen MR) is 234 cm³/mol. The molecule has 0 rings (SSSR count). The molecule has 0 aromatic heterocycles. The summed E-state index contributed by atoms with van der Waals surface area (Å²) in [4.78, 5) is 40.9. The molecule has 8 nitrogen and oxygen atoms in total. The third kappa shape index (κ3) is 38.8. The number of hydrogen-bond donors (Lipinski definition) is 1. The summed E-state index contributed by atoms with van der Waals surface area (Å²) in [5, 5.41) is 3.00. The Labute approximate surface area is 341 Å². The van der Waals surface area contributed by atoms with E-state index in [2.05, 4.69) is 31.0 Å². The van der Waals surface area contributed by atoms with Gasteiger partial charge in [-0.15, -0.1) is 0 Å². The number of carbonyl (C=O) groups is 3. The van der Waals surface area contributed by atoms with Gasteiger partial charge in [0.15, 0.2) is 0 Å². The van der Waals surface area contributed by atoms with Crippen LogP contribution in [0.5, 0.6) is 0 Å². The van der Waals surface area contributed by atoms with E-state index < -0.39 is 0 Å². The number of unbranched alkanes of at least 4 members (excludes halogenated alkanes) is 23. The van der Waals surface area contributed by atoms with Gasteiger partial charge in [0.1, 0.15) is 6.10 Å². The first kappa shape index (κ1) is 53.2. The first-order chi connectivity index (χ1) is 26.8. The molecule has 0 aliphatic heterocycles. The third-order valence-corrected chi connectivity index (χ3v) is 10.9. The van der Waals surface area contributed by atoms with E-state index in [1.54, 1.807) is 19.0 Å². The molecule has 55 heavy (non-hydrogen) atoms. The molecule has 0 spiro atoms. The molecule has 2 amide bonds. The molecule has 0 aliphatic rings. The first-order valence-corrected chi connectivity index (χ1v) is 23.9. The molecule has 0 aliphatic carbocycles. The van der Waals surface area contributed by atoms with Gasteiger partial charge >= 0.3 is 18.0 Å². The van der Waals surface area contributed by atoms with Crippen molar-refractivity contribution in [3.05, 3.63) is 0 Å². The maximum atomic E-state index is 12.8. The van der Waals surface area contributed by atoms with Crippen molar-refractivity contribution < 1.29 is 23.9 Å². The summed E-state index contributed by atoms with van der Waals surface area (Å²) in [6.45, 7) is 11.2. The Morgan fingerprint density at radius 3 is 1.36 bits per heavy atom. The summed E-state index contributed by atoms with van der Waals surface area (Å²) in [6, 6.07) is -0.0344. The first-order valence-electron chi connectivity index (χ1n) is 23.9. The van der Waals surface area contributed by atoms with Crippen LogP contribution in [0.1, 0.15) is 233 Å². The van der Waals surface area contributed by atoms with E-state index in [-0.39, 0.29) is 24.1 Å². The average molecular weight is 780 g/mol. The molecular weight excluding hydrogens is 687 g/mol. The summed E-state index contributed by atoms with van der Waals surface area (Å²) < 4.78 is 11.5.